The van der Waals surface area contributed by atoms with E-state index in [0.29, 0.717) is 10.8 Å². The molecule has 7 heteroatoms. The van der Waals surface area contributed by atoms with E-state index in [2.05, 4.69) is 16.7 Å². The molecule has 0 aliphatic rings. The second-order valence-electron chi connectivity index (χ2n) is 4.99. The molecule has 0 fully saturated rings. The Balaban J connectivity index is 2.12. The monoisotopic (exact) mass is 316 g/mol. The molecule has 0 radical (unpaired) electrons. The Morgan fingerprint density at radius 3 is 2.27 bits per heavy atom. The number of nitro groups is 1. The summed E-state index contributed by atoms with van der Waals surface area (Å²) in [5, 5.41) is 17.2. The van der Waals surface area contributed by atoms with Crippen molar-refractivity contribution in [3.05, 3.63) is 57.6 Å². The SMILES string of the molecule is Cc1cc(C)cc(NC(=S)Nc2ccc(N)c([N+](=O)[O-])c2)c1. The average Bonchev–Trinajstić information content (AvgIpc) is 2.39. The van der Waals surface area contributed by atoms with Crippen molar-refractivity contribution in [3.8, 4) is 0 Å². The van der Waals surface area contributed by atoms with Crippen molar-refractivity contribution < 1.29 is 4.92 Å². The van der Waals surface area contributed by atoms with Gasteiger partial charge in [-0.05, 0) is 61.5 Å². The number of anilines is 3. The number of nitrogens with two attached hydrogens (primary N) is 1. The maximum absolute atomic E-state index is 10.9. The smallest absolute Gasteiger partial charge is 0.294 e. The van der Waals surface area contributed by atoms with Gasteiger partial charge in [-0.2, -0.15) is 0 Å². The molecule has 0 spiro atoms. The molecule has 4 N–H and O–H groups in total. The first-order valence-corrected chi connectivity index (χ1v) is 6.96. The zero-order valence-corrected chi connectivity index (χ0v) is 13.0. The molecular formula is C15H16N4O2S. The van der Waals surface area contributed by atoms with Gasteiger partial charge in [-0.25, -0.2) is 0 Å². The Labute approximate surface area is 133 Å². The molecule has 0 aliphatic heterocycles. The van der Waals surface area contributed by atoms with Crippen molar-refractivity contribution in [1.82, 2.24) is 0 Å². The first-order chi connectivity index (χ1) is 10.3. The van der Waals surface area contributed by atoms with Crippen molar-refractivity contribution in [3.63, 3.8) is 0 Å². The highest BCUT2D eigenvalue weighted by molar-refractivity contribution is 7.80. The van der Waals surface area contributed by atoms with Crippen molar-refractivity contribution in [2.24, 2.45) is 0 Å². The fourth-order valence-electron chi connectivity index (χ4n) is 2.12. The van der Waals surface area contributed by atoms with Crippen LogP contribution in [0.4, 0.5) is 22.7 Å². The van der Waals surface area contributed by atoms with E-state index < -0.39 is 4.92 Å². The summed E-state index contributed by atoms with van der Waals surface area (Å²) in [5.41, 5.74) is 9.12. The number of hydrogen-bond acceptors (Lipinski definition) is 4. The summed E-state index contributed by atoms with van der Waals surface area (Å²) in [6.45, 7) is 4.00. The summed E-state index contributed by atoms with van der Waals surface area (Å²) in [6, 6.07) is 10.5. The van der Waals surface area contributed by atoms with Gasteiger partial charge >= 0.3 is 0 Å². The molecule has 22 heavy (non-hydrogen) atoms. The number of thiocarbonyl (C=S) groups is 1. The molecule has 0 saturated heterocycles. The molecular weight excluding hydrogens is 300 g/mol. The van der Waals surface area contributed by atoms with E-state index in [1.807, 2.05) is 26.0 Å². The molecule has 0 saturated carbocycles. The summed E-state index contributed by atoms with van der Waals surface area (Å²) in [5.74, 6) is 0. The van der Waals surface area contributed by atoms with Crippen LogP contribution in [0.15, 0.2) is 36.4 Å². The molecule has 6 nitrogen and oxygen atoms in total. The number of aryl methyl sites for hydroxylation is 2. The van der Waals surface area contributed by atoms with Crippen LogP contribution in [0.3, 0.4) is 0 Å². The minimum absolute atomic E-state index is 0.115. The third-order valence-electron chi connectivity index (χ3n) is 2.96. The summed E-state index contributed by atoms with van der Waals surface area (Å²) < 4.78 is 0. The van der Waals surface area contributed by atoms with Crippen LogP contribution in [-0.2, 0) is 0 Å². The summed E-state index contributed by atoms with van der Waals surface area (Å²) in [7, 11) is 0. The minimum atomic E-state index is -0.527. The highest BCUT2D eigenvalue weighted by Gasteiger charge is 2.12. The predicted molar refractivity (Wildman–Crippen MR) is 93.3 cm³/mol. The van der Waals surface area contributed by atoms with Crippen LogP contribution in [0.1, 0.15) is 11.1 Å². The van der Waals surface area contributed by atoms with Gasteiger partial charge in [0, 0.05) is 17.4 Å². The number of rotatable bonds is 3. The Hall–Kier alpha value is -2.67. The second-order valence-corrected chi connectivity index (χ2v) is 5.39. The van der Waals surface area contributed by atoms with Crippen molar-refractivity contribution in [2.45, 2.75) is 13.8 Å². The summed E-state index contributed by atoms with van der Waals surface area (Å²) >= 11 is 5.22. The van der Waals surface area contributed by atoms with Crippen LogP contribution in [0, 0.1) is 24.0 Å². The number of nitro benzene ring substituents is 1. The van der Waals surface area contributed by atoms with Crippen LogP contribution < -0.4 is 16.4 Å². The standard InChI is InChI=1S/C15H16N4O2S/c1-9-5-10(2)7-12(6-9)18-15(22)17-11-3-4-13(16)14(8-11)19(20)21/h3-8H,16H2,1-2H3,(H2,17,18,22). The van der Waals surface area contributed by atoms with Gasteiger partial charge in [-0.15, -0.1) is 0 Å². The molecule has 2 rings (SSSR count). The Kier molecular flexibility index (Phi) is 4.57. The second kappa shape index (κ2) is 6.40. The number of nitrogen functional groups attached to an aromatic ring is 1. The number of nitrogens with one attached hydrogen (secondary N) is 2. The fraction of sp³-hybridized carbons (Fsp3) is 0.133. The van der Waals surface area contributed by atoms with Crippen LogP contribution in [0.25, 0.3) is 0 Å². The van der Waals surface area contributed by atoms with Crippen LogP contribution in [0.2, 0.25) is 0 Å². The quantitative estimate of drug-likeness (QED) is 0.347. The molecule has 2 aromatic rings. The van der Waals surface area contributed by atoms with Crippen molar-refractivity contribution in [2.75, 3.05) is 16.4 Å². The van der Waals surface area contributed by atoms with Gasteiger partial charge in [0.25, 0.3) is 5.69 Å². The largest absolute Gasteiger partial charge is 0.393 e. The van der Waals surface area contributed by atoms with Gasteiger partial charge in [-0.1, -0.05) is 6.07 Å². The fourth-order valence-corrected chi connectivity index (χ4v) is 2.36. The van der Waals surface area contributed by atoms with E-state index in [9.17, 15) is 10.1 Å². The van der Waals surface area contributed by atoms with E-state index in [4.69, 9.17) is 18.0 Å². The van der Waals surface area contributed by atoms with Gasteiger partial charge in [0.2, 0.25) is 0 Å². The third kappa shape index (κ3) is 3.92. The lowest BCUT2D eigenvalue weighted by atomic mass is 10.1. The Morgan fingerprint density at radius 2 is 1.68 bits per heavy atom. The van der Waals surface area contributed by atoms with Crippen molar-refractivity contribution in [1.29, 1.82) is 0 Å². The van der Waals surface area contributed by atoms with Gasteiger partial charge in [0.15, 0.2) is 5.11 Å². The van der Waals surface area contributed by atoms with E-state index in [1.54, 1.807) is 6.07 Å². The Bertz CT molecular complexity index is 726. The van der Waals surface area contributed by atoms with Gasteiger partial charge in [0.1, 0.15) is 5.69 Å². The zero-order chi connectivity index (χ0) is 16.3. The highest BCUT2D eigenvalue weighted by Crippen LogP contribution is 2.25. The lowest BCUT2D eigenvalue weighted by Crippen LogP contribution is -2.19. The maximum Gasteiger partial charge on any atom is 0.294 e. The van der Waals surface area contributed by atoms with Gasteiger partial charge < -0.3 is 16.4 Å². The predicted octanol–water partition coefficient (Wildman–Crippen LogP) is 3.60. The number of hydrogen-bond donors (Lipinski definition) is 3. The Morgan fingerprint density at radius 1 is 1.09 bits per heavy atom. The van der Waals surface area contributed by atoms with Crippen LogP contribution >= 0.6 is 12.2 Å². The van der Waals surface area contributed by atoms with Gasteiger partial charge in [0.05, 0.1) is 4.92 Å². The first-order valence-electron chi connectivity index (χ1n) is 6.55. The molecule has 0 heterocycles. The van der Waals surface area contributed by atoms with E-state index in [-0.39, 0.29) is 11.4 Å². The third-order valence-corrected chi connectivity index (χ3v) is 3.17. The average molecular weight is 316 g/mol. The van der Waals surface area contributed by atoms with E-state index in [1.165, 1.54) is 12.1 Å². The van der Waals surface area contributed by atoms with E-state index in [0.717, 1.165) is 16.8 Å². The molecule has 0 amide bonds. The lowest BCUT2D eigenvalue weighted by Gasteiger charge is -2.12. The molecule has 114 valence electrons. The topological polar surface area (TPSA) is 93.2 Å². The number of nitrogens with zero attached hydrogens (tertiary/aromatic N) is 1. The molecule has 0 aromatic heterocycles. The highest BCUT2D eigenvalue weighted by atomic mass is 32.1. The normalized spacial score (nSPS) is 10.1. The number of benzene rings is 2. The minimum Gasteiger partial charge on any atom is -0.393 e. The lowest BCUT2D eigenvalue weighted by molar-refractivity contribution is -0.383. The van der Waals surface area contributed by atoms with Crippen molar-refractivity contribution >= 4 is 40.1 Å². The van der Waals surface area contributed by atoms with Crippen LogP contribution in [0.5, 0.6) is 0 Å². The molecule has 0 aliphatic carbocycles. The summed E-state index contributed by atoms with van der Waals surface area (Å²) in [6.07, 6.45) is 0. The molecule has 2 aromatic carbocycles. The van der Waals surface area contributed by atoms with Crippen LogP contribution in [-0.4, -0.2) is 10.0 Å². The van der Waals surface area contributed by atoms with E-state index >= 15 is 0 Å². The van der Waals surface area contributed by atoms with Gasteiger partial charge in [-0.3, -0.25) is 10.1 Å². The first kappa shape index (κ1) is 15.7. The maximum atomic E-state index is 10.9. The molecule has 0 bridgehead atoms. The zero-order valence-electron chi connectivity index (χ0n) is 12.2. The molecule has 0 atom stereocenters. The molecule has 0 unspecified atom stereocenters. The summed E-state index contributed by atoms with van der Waals surface area (Å²) in [4.78, 5) is 10.3.